The molecule has 0 atom stereocenters. The highest BCUT2D eigenvalue weighted by atomic mass is 16.4. The summed E-state index contributed by atoms with van der Waals surface area (Å²) in [6.45, 7) is 0. The van der Waals surface area contributed by atoms with Gasteiger partial charge in [-0.2, -0.15) is 0 Å². The van der Waals surface area contributed by atoms with Gasteiger partial charge in [0, 0.05) is 11.5 Å². The first-order valence-corrected chi connectivity index (χ1v) is 5.88. The normalized spacial score (nSPS) is 10.7. The Kier molecular flexibility index (Phi) is 2.69. The van der Waals surface area contributed by atoms with Gasteiger partial charge in [-0.3, -0.25) is 0 Å². The Morgan fingerprint density at radius 1 is 0.833 bits per heavy atom. The van der Waals surface area contributed by atoms with Crippen molar-refractivity contribution in [3.05, 3.63) is 82.2 Å². The standard InChI is InChI=1S/C16H12O2/c17-16-9-7-14-11-13(6-8-15(14)18-16)10-12-4-2-1-3-5-12/h1-9,11H,10H2. The Morgan fingerprint density at radius 2 is 1.67 bits per heavy atom. The molecule has 0 aliphatic carbocycles. The molecule has 0 saturated heterocycles. The van der Waals surface area contributed by atoms with Gasteiger partial charge in [0.05, 0.1) is 0 Å². The summed E-state index contributed by atoms with van der Waals surface area (Å²) in [7, 11) is 0. The summed E-state index contributed by atoms with van der Waals surface area (Å²) in [5, 5.41) is 0.961. The average molecular weight is 236 g/mol. The monoisotopic (exact) mass is 236 g/mol. The summed E-state index contributed by atoms with van der Waals surface area (Å²) >= 11 is 0. The molecule has 0 saturated carbocycles. The summed E-state index contributed by atoms with van der Waals surface area (Å²) in [6.07, 6.45) is 0.885. The van der Waals surface area contributed by atoms with Crippen LogP contribution in [0.15, 0.2) is 69.9 Å². The van der Waals surface area contributed by atoms with Gasteiger partial charge in [0.1, 0.15) is 5.58 Å². The Bertz CT molecular complexity index is 727. The van der Waals surface area contributed by atoms with Crippen molar-refractivity contribution in [3.63, 3.8) is 0 Å². The summed E-state index contributed by atoms with van der Waals surface area (Å²) in [4.78, 5) is 11.1. The predicted molar refractivity (Wildman–Crippen MR) is 71.7 cm³/mol. The van der Waals surface area contributed by atoms with Gasteiger partial charge in [-0.1, -0.05) is 36.4 Å². The van der Waals surface area contributed by atoms with E-state index in [1.807, 2.05) is 30.3 Å². The van der Waals surface area contributed by atoms with E-state index in [-0.39, 0.29) is 5.63 Å². The highest BCUT2D eigenvalue weighted by Crippen LogP contribution is 2.16. The van der Waals surface area contributed by atoms with Gasteiger partial charge in [-0.15, -0.1) is 0 Å². The molecule has 0 unspecified atom stereocenters. The van der Waals surface area contributed by atoms with Crippen molar-refractivity contribution >= 4 is 11.0 Å². The van der Waals surface area contributed by atoms with Crippen LogP contribution in [0.25, 0.3) is 11.0 Å². The topological polar surface area (TPSA) is 30.2 Å². The van der Waals surface area contributed by atoms with Gasteiger partial charge >= 0.3 is 5.63 Å². The lowest BCUT2D eigenvalue weighted by molar-refractivity contribution is 0.561. The van der Waals surface area contributed by atoms with E-state index in [1.165, 1.54) is 17.2 Å². The number of hydrogen-bond acceptors (Lipinski definition) is 2. The van der Waals surface area contributed by atoms with E-state index in [2.05, 4.69) is 18.2 Å². The zero-order chi connectivity index (χ0) is 12.4. The van der Waals surface area contributed by atoms with Gasteiger partial charge in [-0.05, 0) is 35.7 Å². The first kappa shape index (κ1) is 10.8. The summed E-state index contributed by atoms with van der Waals surface area (Å²) in [5.41, 5.74) is 2.81. The molecule has 1 aromatic heterocycles. The van der Waals surface area contributed by atoms with Crippen molar-refractivity contribution in [2.24, 2.45) is 0 Å². The largest absolute Gasteiger partial charge is 0.423 e. The molecule has 0 amide bonds. The molecule has 18 heavy (non-hydrogen) atoms. The Labute approximate surface area is 105 Å². The van der Waals surface area contributed by atoms with Crippen LogP contribution in [0.4, 0.5) is 0 Å². The Morgan fingerprint density at radius 3 is 2.50 bits per heavy atom. The molecule has 2 aromatic carbocycles. The zero-order valence-corrected chi connectivity index (χ0v) is 9.80. The summed E-state index contributed by atoms with van der Waals surface area (Å²) < 4.78 is 5.11. The fourth-order valence-corrected chi connectivity index (χ4v) is 2.06. The zero-order valence-electron chi connectivity index (χ0n) is 9.80. The quantitative estimate of drug-likeness (QED) is 0.638. The lowest BCUT2D eigenvalue weighted by Gasteiger charge is -2.03. The minimum Gasteiger partial charge on any atom is -0.423 e. The van der Waals surface area contributed by atoms with Crippen LogP contribution >= 0.6 is 0 Å². The maximum atomic E-state index is 11.1. The molecule has 0 aliphatic heterocycles. The molecule has 0 aliphatic rings. The first-order valence-electron chi connectivity index (χ1n) is 5.88. The lowest BCUT2D eigenvalue weighted by Crippen LogP contribution is -1.95. The van der Waals surface area contributed by atoms with E-state index in [0.29, 0.717) is 5.58 Å². The third kappa shape index (κ3) is 2.18. The van der Waals surface area contributed by atoms with E-state index in [1.54, 1.807) is 6.07 Å². The van der Waals surface area contributed by atoms with E-state index >= 15 is 0 Å². The molecule has 0 spiro atoms. The molecule has 2 heteroatoms. The fraction of sp³-hybridized carbons (Fsp3) is 0.0625. The second-order valence-electron chi connectivity index (χ2n) is 4.29. The van der Waals surface area contributed by atoms with Crippen molar-refractivity contribution in [2.45, 2.75) is 6.42 Å². The van der Waals surface area contributed by atoms with E-state index in [0.717, 1.165) is 11.8 Å². The van der Waals surface area contributed by atoms with Crippen LogP contribution in [0, 0.1) is 0 Å². The van der Waals surface area contributed by atoms with Crippen LogP contribution < -0.4 is 5.63 Å². The molecule has 0 fully saturated rings. The second-order valence-corrected chi connectivity index (χ2v) is 4.29. The maximum Gasteiger partial charge on any atom is 0.336 e. The van der Waals surface area contributed by atoms with Crippen molar-refractivity contribution in [1.82, 2.24) is 0 Å². The Hall–Kier alpha value is -2.35. The summed E-state index contributed by atoms with van der Waals surface area (Å²) in [6, 6.07) is 19.5. The predicted octanol–water partition coefficient (Wildman–Crippen LogP) is 3.38. The SMILES string of the molecule is O=c1ccc2cc(Cc3ccccc3)ccc2o1. The van der Waals surface area contributed by atoms with Crippen molar-refractivity contribution in [2.75, 3.05) is 0 Å². The fourth-order valence-electron chi connectivity index (χ4n) is 2.06. The molecule has 1 heterocycles. The van der Waals surface area contributed by atoms with Gasteiger partial charge in [0.15, 0.2) is 0 Å². The average Bonchev–Trinajstić information content (AvgIpc) is 2.40. The van der Waals surface area contributed by atoms with Crippen LogP contribution in [0.3, 0.4) is 0 Å². The lowest BCUT2D eigenvalue weighted by atomic mass is 10.0. The third-order valence-electron chi connectivity index (χ3n) is 2.93. The van der Waals surface area contributed by atoms with Crippen LogP contribution in [0.1, 0.15) is 11.1 Å². The highest BCUT2D eigenvalue weighted by Gasteiger charge is 2.00. The molecule has 88 valence electrons. The molecule has 3 rings (SSSR count). The van der Waals surface area contributed by atoms with Crippen LogP contribution in [0.2, 0.25) is 0 Å². The molecule has 0 bridgehead atoms. The first-order chi connectivity index (χ1) is 8.81. The number of benzene rings is 2. The van der Waals surface area contributed by atoms with Crippen molar-refractivity contribution in [3.8, 4) is 0 Å². The Balaban J connectivity index is 1.99. The molecule has 3 aromatic rings. The molecule has 0 radical (unpaired) electrons. The van der Waals surface area contributed by atoms with Gasteiger partial charge in [0.2, 0.25) is 0 Å². The van der Waals surface area contributed by atoms with Crippen LogP contribution in [0.5, 0.6) is 0 Å². The summed E-state index contributed by atoms with van der Waals surface area (Å²) in [5.74, 6) is 0. The molecule has 0 N–H and O–H groups in total. The number of fused-ring (bicyclic) bond motifs is 1. The maximum absolute atomic E-state index is 11.1. The molecular formula is C16H12O2. The van der Waals surface area contributed by atoms with Crippen molar-refractivity contribution < 1.29 is 4.42 Å². The number of rotatable bonds is 2. The van der Waals surface area contributed by atoms with Gasteiger partial charge in [0.25, 0.3) is 0 Å². The molecular weight excluding hydrogens is 224 g/mol. The van der Waals surface area contributed by atoms with Crippen molar-refractivity contribution in [1.29, 1.82) is 0 Å². The number of hydrogen-bond donors (Lipinski definition) is 0. The van der Waals surface area contributed by atoms with Gasteiger partial charge < -0.3 is 4.42 Å². The molecule has 2 nitrogen and oxygen atoms in total. The van der Waals surface area contributed by atoms with Crippen LogP contribution in [-0.2, 0) is 6.42 Å². The van der Waals surface area contributed by atoms with E-state index in [9.17, 15) is 4.79 Å². The minimum atomic E-state index is -0.307. The highest BCUT2D eigenvalue weighted by molar-refractivity contribution is 5.77. The smallest absolute Gasteiger partial charge is 0.336 e. The van der Waals surface area contributed by atoms with E-state index < -0.39 is 0 Å². The van der Waals surface area contributed by atoms with Gasteiger partial charge in [-0.25, -0.2) is 4.79 Å². The third-order valence-corrected chi connectivity index (χ3v) is 2.93. The minimum absolute atomic E-state index is 0.307. The van der Waals surface area contributed by atoms with E-state index in [4.69, 9.17) is 4.42 Å². The van der Waals surface area contributed by atoms with Crippen LogP contribution in [-0.4, -0.2) is 0 Å². The second kappa shape index (κ2) is 4.49.